The molecule has 0 spiro atoms. The molecule has 0 aliphatic heterocycles. The van der Waals surface area contributed by atoms with E-state index in [-0.39, 0.29) is 18.9 Å². The van der Waals surface area contributed by atoms with Crippen molar-refractivity contribution < 1.29 is 19.5 Å². The Balaban J connectivity index is 2.50. The zero-order valence-corrected chi connectivity index (χ0v) is 11.8. The number of aliphatic carboxylic acids is 1. The summed E-state index contributed by atoms with van der Waals surface area (Å²) in [6.45, 7) is 5.00. The van der Waals surface area contributed by atoms with Crippen molar-refractivity contribution in [2.45, 2.75) is 19.4 Å². The Labute approximate surface area is 122 Å². The van der Waals surface area contributed by atoms with Gasteiger partial charge < -0.3 is 15.7 Å². The Hall–Kier alpha value is -2.63. The van der Waals surface area contributed by atoms with Crippen LogP contribution in [0, 0.1) is 6.92 Å². The van der Waals surface area contributed by atoms with Crippen LogP contribution in [0.4, 0.5) is 0 Å². The number of nitrogens with one attached hydrogen (secondary N) is 2. The highest BCUT2D eigenvalue weighted by molar-refractivity contribution is 5.97. The van der Waals surface area contributed by atoms with Crippen LogP contribution in [-0.4, -0.2) is 35.5 Å². The van der Waals surface area contributed by atoms with E-state index in [1.807, 2.05) is 13.0 Å². The molecule has 3 N–H and O–H groups in total. The lowest BCUT2D eigenvalue weighted by molar-refractivity contribution is -0.141. The fourth-order valence-corrected chi connectivity index (χ4v) is 1.68. The van der Waals surface area contributed by atoms with Gasteiger partial charge in [-0.3, -0.25) is 9.59 Å². The van der Waals surface area contributed by atoms with Crippen LogP contribution in [0.1, 0.15) is 22.3 Å². The van der Waals surface area contributed by atoms with Crippen molar-refractivity contribution in [2.24, 2.45) is 0 Å². The van der Waals surface area contributed by atoms with Gasteiger partial charge in [0.1, 0.15) is 6.04 Å². The minimum atomic E-state index is -1.15. The highest BCUT2D eigenvalue weighted by Gasteiger charge is 2.18. The summed E-state index contributed by atoms with van der Waals surface area (Å²) in [6.07, 6.45) is 1.53. The van der Waals surface area contributed by atoms with Crippen molar-refractivity contribution >= 4 is 17.8 Å². The van der Waals surface area contributed by atoms with Gasteiger partial charge in [0.2, 0.25) is 5.91 Å². The van der Waals surface area contributed by atoms with Gasteiger partial charge in [-0.05, 0) is 25.5 Å². The number of carbonyl (C=O) groups excluding carboxylic acids is 2. The molecule has 0 aromatic heterocycles. The molecule has 6 nitrogen and oxygen atoms in total. The molecule has 0 fully saturated rings. The average Bonchev–Trinajstić information content (AvgIpc) is 2.44. The number of rotatable bonds is 7. The van der Waals surface area contributed by atoms with E-state index >= 15 is 0 Å². The van der Waals surface area contributed by atoms with Crippen LogP contribution >= 0.6 is 0 Å². The molecule has 0 saturated heterocycles. The normalized spacial score (nSPS) is 11.3. The molecule has 1 unspecified atom stereocenters. The molecule has 0 aliphatic carbocycles. The lowest BCUT2D eigenvalue weighted by Gasteiger charge is -2.13. The van der Waals surface area contributed by atoms with Crippen LogP contribution in [0.15, 0.2) is 36.9 Å². The van der Waals surface area contributed by atoms with Crippen molar-refractivity contribution in [3.63, 3.8) is 0 Å². The molecular weight excluding hydrogens is 272 g/mol. The fraction of sp³-hybridized carbons (Fsp3) is 0.267. The van der Waals surface area contributed by atoms with Gasteiger partial charge in [-0.15, -0.1) is 6.58 Å². The predicted octanol–water partition coefficient (Wildman–Crippen LogP) is 0.870. The van der Waals surface area contributed by atoms with E-state index in [2.05, 4.69) is 17.2 Å². The molecule has 1 rings (SSSR count). The molecule has 0 aliphatic rings. The van der Waals surface area contributed by atoms with Gasteiger partial charge in [0.05, 0.1) is 6.54 Å². The largest absolute Gasteiger partial charge is 0.480 e. The second-order valence-electron chi connectivity index (χ2n) is 4.53. The molecule has 1 aromatic carbocycles. The molecule has 2 amide bonds. The highest BCUT2D eigenvalue weighted by atomic mass is 16.4. The lowest BCUT2D eigenvalue weighted by atomic mass is 10.1. The minimum Gasteiger partial charge on any atom is -0.480 e. The Kier molecular flexibility index (Phi) is 6.13. The summed E-state index contributed by atoms with van der Waals surface area (Å²) in [5, 5.41) is 13.6. The second kappa shape index (κ2) is 7.84. The maximum Gasteiger partial charge on any atom is 0.326 e. The van der Waals surface area contributed by atoms with Crippen LogP contribution in [0.5, 0.6) is 0 Å². The fourth-order valence-electron chi connectivity index (χ4n) is 1.68. The zero-order chi connectivity index (χ0) is 15.8. The Morgan fingerprint density at radius 1 is 1.38 bits per heavy atom. The molecule has 112 valence electrons. The summed E-state index contributed by atoms with van der Waals surface area (Å²) in [5.74, 6) is -2.09. The number of carboxylic acids is 1. The summed E-state index contributed by atoms with van der Waals surface area (Å²) in [5.41, 5.74) is 1.38. The molecule has 0 heterocycles. The third-order valence-corrected chi connectivity index (χ3v) is 2.73. The Bertz CT molecular complexity index is 554. The van der Waals surface area contributed by atoms with E-state index in [1.165, 1.54) is 6.08 Å². The van der Waals surface area contributed by atoms with Crippen LogP contribution in [0.25, 0.3) is 0 Å². The van der Waals surface area contributed by atoms with Gasteiger partial charge in [0.15, 0.2) is 0 Å². The van der Waals surface area contributed by atoms with E-state index in [4.69, 9.17) is 5.11 Å². The first kappa shape index (κ1) is 16.4. The highest BCUT2D eigenvalue weighted by Crippen LogP contribution is 2.03. The van der Waals surface area contributed by atoms with E-state index in [1.54, 1.807) is 18.2 Å². The number of hydrogen-bond acceptors (Lipinski definition) is 3. The summed E-state index contributed by atoms with van der Waals surface area (Å²) in [7, 11) is 0. The molecule has 0 saturated carbocycles. The SMILES string of the molecule is C=CCC(NC(=O)CNC(=O)c1cccc(C)c1)C(=O)O. The molecule has 21 heavy (non-hydrogen) atoms. The maximum absolute atomic E-state index is 11.8. The monoisotopic (exact) mass is 290 g/mol. The summed E-state index contributed by atoms with van der Waals surface area (Å²) in [4.78, 5) is 34.3. The van der Waals surface area contributed by atoms with Crippen LogP contribution in [-0.2, 0) is 9.59 Å². The average molecular weight is 290 g/mol. The molecule has 0 bridgehead atoms. The quantitative estimate of drug-likeness (QED) is 0.649. The number of carboxylic acid groups (broad SMARTS) is 1. The molecular formula is C15H18N2O4. The number of amides is 2. The molecule has 6 heteroatoms. The summed E-state index contributed by atoms with van der Waals surface area (Å²) < 4.78 is 0. The van der Waals surface area contributed by atoms with E-state index in [0.717, 1.165) is 5.56 Å². The van der Waals surface area contributed by atoms with Crippen molar-refractivity contribution in [1.82, 2.24) is 10.6 Å². The first-order valence-corrected chi connectivity index (χ1v) is 6.42. The third-order valence-electron chi connectivity index (χ3n) is 2.73. The van der Waals surface area contributed by atoms with E-state index in [9.17, 15) is 14.4 Å². The number of hydrogen-bond donors (Lipinski definition) is 3. The van der Waals surface area contributed by atoms with Crippen molar-refractivity contribution in [2.75, 3.05) is 6.54 Å². The molecule has 1 aromatic rings. The van der Waals surface area contributed by atoms with Crippen molar-refractivity contribution in [1.29, 1.82) is 0 Å². The van der Waals surface area contributed by atoms with Gasteiger partial charge in [-0.25, -0.2) is 4.79 Å². The van der Waals surface area contributed by atoms with E-state index in [0.29, 0.717) is 5.56 Å². The summed E-state index contributed by atoms with van der Waals surface area (Å²) >= 11 is 0. The zero-order valence-electron chi connectivity index (χ0n) is 11.8. The number of benzene rings is 1. The molecule has 1 atom stereocenters. The smallest absolute Gasteiger partial charge is 0.326 e. The van der Waals surface area contributed by atoms with Crippen LogP contribution in [0.2, 0.25) is 0 Å². The Morgan fingerprint density at radius 2 is 2.10 bits per heavy atom. The first-order chi connectivity index (χ1) is 9.93. The minimum absolute atomic E-state index is 0.118. The van der Waals surface area contributed by atoms with Gasteiger partial charge in [-0.1, -0.05) is 23.8 Å². The first-order valence-electron chi connectivity index (χ1n) is 6.42. The van der Waals surface area contributed by atoms with Crippen molar-refractivity contribution in [3.05, 3.63) is 48.0 Å². The second-order valence-corrected chi connectivity index (χ2v) is 4.53. The number of aryl methyl sites for hydroxylation is 1. The lowest BCUT2D eigenvalue weighted by Crippen LogP contribution is -2.45. The predicted molar refractivity (Wildman–Crippen MR) is 77.9 cm³/mol. The molecule has 0 radical (unpaired) electrons. The van der Waals surface area contributed by atoms with E-state index < -0.39 is 17.9 Å². The van der Waals surface area contributed by atoms with Gasteiger partial charge in [0, 0.05) is 5.56 Å². The van der Waals surface area contributed by atoms with Gasteiger partial charge in [-0.2, -0.15) is 0 Å². The van der Waals surface area contributed by atoms with Crippen LogP contribution in [0.3, 0.4) is 0 Å². The number of carbonyl (C=O) groups is 3. The topological polar surface area (TPSA) is 95.5 Å². The third kappa shape index (κ3) is 5.48. The van der Waals surface area contributed by atoms with Gasteiger partial charge >= 0.3 is 5.97 Å². The summed E-state index contributed by atoms with van der Waals surface area (Å²) in [6, 6.07) is 5.90. The van der Waals surface area contributed by atoms with Crippen LogP contribution < -0.4 is 10.6 Å². The maximum atomic E-state index is 11.8. The Morgan fingerprint density at radius 3 is 2.67 bits per heavy atom. The van der Waals surface area contributed by atoms with Gasteiger partial charge in [0.25, 0.3) is 5.91 Å². The van der Waals surface area contributed by atoms with Crippen molar-refractivity contribution in [3.8, 4) is 0 Å². The standard InChI is InChI=1S/C15H18N2O4/c1-3-5-12(15(20)21)17-13(18)9-16-14(19)11-7-4-6-10(2)8-11/h3-4,6-8,12H,1,5,9H2,2H3,(H,16,19)(H,17,18)(H,20,21).